The second-order valence-corrected chi connectivity index (χ2v) is 6.74. The van der Waals surface area contributed by atoms with Crippen molar-refractivity contribution in [3.63, 3.8) is 0 Å². The van der Waals surface area contributed by atoms with Crippen LogP contribution >= 0.6 is 0 Å². The van der Waals surface area contributed by atoms with E-state index in [9.17, 15) is 9.59 Å². The lowest BCUT2D eigenvalue weighted by Crippen LogP contribution is -2.36. The minimum Gasteiger partial charge on any atom is -0.459 e. The summed E-state index contributed by atoms with van der Waals surface area (Å²) in [5, 5.41) is 0. The number of carbonyl (C=O) groups is 2. The van der Waals surface area contributed by atoms with Crippen molar-refractivity contribution in [3.8, 4) is 0 Å². The van der Waals surface area contributed by atoms with Gasteiger partial charge in [0, 0.05) is 25.2 Å². The maximum Gasteiger partial charge on any atom is 0.331 e. The summed E-state index contributed by atoms with van der Waals surface area (Å²) in [6, 6.07) is 0. The van der Waals surface area contributed by atoms with Crippen LogP contribution in [0.4, 0.5) is 0 Å². The van der Waals surface area contributed by atoms with Crippen LogP contribution in [0.15, 0.2) is 12.2 Å². The van der Waals surface area contributed by atoms with Crippen LogP contribution in [-0.4, -0.2) is 62.4 Å². The molecular formula is C19H31NO5. The molecule has 1 unspecified atom stereocenters. The Morgan fingerprint density at radius 1 is 0.880 bits per heavy atom. The lowest BCUT2D eigenvalue weighted by Gasteiger charge is -2.26. The zero-order chi connectivity index (χ0) is 17.7. The van der Waals surface area contributed by atoms with Gasteiger partial charge in [-0.2, -0.15) is 0 Å². The van der Waals surface area contributed by atoms with E-state index in [4.69, 9.17) is 14.2 Å². The molecule has 0 bridgehead atoms. The lowest BCUT2D eigenvalue weighted by atomic mass is 10.1. The van der Waals surface area contributed by atoms with Gasteiger partial charge in [0.25, 0.3) is 0 Å². The highest BCUT2D eigenvalue weighted by Gasteiger charge is 2.17. The highest BCUT2D eigenvalue weighted by molar-refractivity contribution is 5.92. The number of unbranched alkanes of at least 4 members (excludes halogenated alkanes) is 6. The van der Waals surface area contributed by atoms with Crippen molar-refractivity contribution in [2.75, 3.05) is 39.5 Å². The standard InChI is InChI=1S/C19H31NO5/c21-18-9-10-19(22)25-17(16-24-18)8-6-4-2-1-3-5-7-11-20-12-14-23-15-13-20/h9-10,17H,1-8,11-16H2. The number of cyclic esters (lactones) is 2. The van der Waals surface area contributed by atoms with Crippen LogP contribution in [0.3, 0.4) is 0 Å². The number of esters is 2. The smallest absolute Gasteiger partial charge is 0.331 e. The lowest BCUT2D eigenvalue weighted by molar-refractivity contribution is -0.155. The third-order valence-corrected chi connectivity index (χ3v) is 4.65. The van der Waals surface area contributed by atoms with Gasteiger partial charge in [-0.05, 0) is 25.8 Å². The minimum absolute atomic E-state index is 0.163. The van der Waals surface area contributed by atoms with Gasteiger partial charge >= 0.3 is 11.9 Å². The summed E-state index contributed by atoms with van der Waals surface area (Å²) < 4.78 is 15.6. The Kier molecular flexibility index (Phi) is 9.59. The van der Waals surface area contributed by atoms with Crippen LogP contribution in [0.25, 0.3) is 0 Å². The molecule has 6 heteroatoms. The Morgan fingerprint density at radius 3 is 2.28 bits per heavy atom. The van der Waals surface area contributed by atoms with Crippen molar-refractivity contribution in [3.05, 3.63) is 12.2 Å². The molecule has 2 aliphatic heterocycles. The first-order valence-electron chi connectivity index (χ1n) is 9.59. The van der Waals surface area contributed by atoms with Crippen molar-refractivity contribution < 1.29 is 23.8 Å². The van der Waals surface area contributed by atoms with Gasteiger partial charge in [-0.25, -0.2) is 9.59 Å². The van der Waals surface area contributed by atoms with E-state index in [1.807, 2.05) is 0 Å². The number of rotatable bonds is 10. The van der Waals surface area contributed by atoms with Gasteiger partial charge in [-0.1, -0.05) is 32.1 Å². The molecule has 0 aliphatic carbocycles. The largest absolute Gasteiger partial charge is 0.459 e. The van der Waals surface area contributed by atoms with Crippen molar-refractivity contribution in [2.45, 2.75) is 57.5 Å². The first-order valence-corrected chi connectivity index (χ1v) is 9.59. The molecule has 1 atom stereocenters. The highest BCUT2D eigenvalue weighted by atomic mass is 16.6. The maximum atomic E-state index is 11.4. The van der Waals surface area contributed by atoms with Crippen molar-refractivity contribution in [1.29, 1.82) is 0 Å². The zero-order valence-corrected chi connectivity index (χ0v) is 15.1. The number of morpholine rings is 1. The Bertz CT molecular complexity index is 432. The summed E-state index contributed by atoms with van der Waals surface area (Å²) >= 11 is 0. The van der Waals surface area contributed by atoms with Crippen LogP contribution in [0.5, 0.6) is 0 Å². The summed E-state index contributed by atoms with van der Waals surface area (Å²) in [5.74, 6) is -0.930. The SMILES string of the molecule is O=C1C=CC(=O)OC(CCCCCCCCCN2CCOCC2)CO1. The van der Waals surface area contributed by atoms with E-state index >= 15 is 0 Å². The summed E-state index contributed by atoms with van der Waals surface area (Å²) in [4.78, 5) is 25.1. The van der Waals surface area contributed by atoms with Gasteiger partial charge in [-0.3, -0.25) is 4.90 Å². The molecule has 0 aromatic rings. The average Bonchev–Trinajstić information content (AvgIpc) is 2.62. The number of hydrogen-bond acceptors (Lipinski definition) is 6. The van der Waals surface area contributed by atoms with Crippen LogP contribution in [0.2, 0.25) is 0 Å². The van der Waals surface area contributed by atoms with E-state index in [2.05, 4.69) is 4.90 Å². The van der Waals surface area contributed by atoms with Gasteiger partial charge in [0.05, 0.1) is 13.2 Å². The first kappa shape index (κ1) is 19.9. The third-order valence-electron chi connectivity index (χ3n) is 4.65. The number of carbonyl (C=O) groups excluding carboxylic acids is 2. The molecule has 2 rings (SSSR count). The van der Waals surface area contributed by atoms with E-state index in [1.165, 1.54) is 38.6 Å². The second kappa shape index (κ2) is 12.0. The van der Waals surface area contributed by atoms with Gasteiger partial charge in [0.15, 0.2) is 0 Å². The molecule has 0 spiro atoms. The maximum absolute atomic E-state index is 11.4. The molecule has 0 N–H and O–H groups in total. The van der Waals surface area contributed by atoms with E-state index in [0.717, 1.165) is 57.7 Å². The first-order chi connectivity index (χ1) is 12.2. The fourth-order valence-corrected chi connectivity index (χ4v) is 3.16. The Hall–Kier alpha value is -1.40. The van der Waals surface area contributed by atoms with Gasteiger partial charge in [-0.15, -0.1) is 0 Å². The molecule has 25 heavy (non-hydrogen) atoms. The van der Waals surface area contributed by atoms with Crippen molar-refractivity contribution in [2.24, 2.45) is 0 Å². The molecule has 0 amide bonds. The molecule has 0 saturated carbocycles. The van der Waals surface area contributed by atoms with E-state index in [-0.39, 0.29) is 12.7 Å². The predicted molar refractivity (Wildman–Crippen MR) is 94.2 cm³/mol. The van der Waals surface area contributed by atoms with Gasteiger partial charge in [0.1, 0.15) is 12.7 Å². The monoisotopic (exact) mass is 353 g/mol. The number of hydrogen-bond donors (Lipinski definition) is 0. The van der Waals surface area contributed by atoms with Crippen LogP contribution in [0.1, 0.15) is 51.4 Å². The molecule has 0 radical (unpaired) electrons. The Labute approximate surface area is 150 Å². The third kappa shape index (κ3) is 9.02. The fraction of sp³-hybridized carbons (Fsp3) is 0.789. The number of nitrogens with zero attached hydrogens (tertiary/aromatic N) is 1. The molecule has 2 heterocycles. The minimum atomic E-state index is -0.473. The predicted octanol–water partition coefficient (Wildman–Crippen LogP) is 2.46. The van der Waals surface area contributed by atoms with Gasteiger partial charge < -0.3 is 14.2 Å². The highest BCUT2D eigenvalue weighted by Crippen LogP contribution is 2.13. The molecule has 1 fully saturated rings. The van der Waals surface area contributed by atoms with Gasteiger partial charge in [0.2, 0.25) is 0 Å². The Balaban J connectivity index is 1.42. The normalized spacial score (nSPS) is 22.2. The van der Waals surface area contributed by atoms with E-state index < -0.39 is 11.9 Å². The second-order valence-electron chi connectivity index (χ2n) is 6.74. The molecule has 1 saturated heterocycles. The molecular weight excluding hydrogens is 322 g/mol. The summed E-state index contributed by atoms with van der Waals surface area (Å²) in [7, 11) is 0. The van der Waals surface area contributed by atoms with Crippen molar-refractivity contribution in [1.82, 2.24) is 4.90 Å². The summed E-state index contributed by atoms with van der Waals surface area (Å²) in [5.41, 5.74) is 0. The number of ether oxygens (including phenoxy) is 3. The topological polar surface area (TPSA) is 65.1 Å². The van der Waals surface area contributed by atoms with Crippen LogP contribution < -0.4 is 0 Å². The van der Waals surface area contributed by atoms with E-state index in [1.54, 1.807) is 0 Å². The molecule has 2 aliphatic rings. The fourth-order valence-electron chi connectivity index (χ4n) is 3.16. The molecule has 6 nitrogen and oxygen atoms in total. The van der Waals surface area contributed by atoms with E-state index in [0.29, 0.717) is 0 Å². The average molecular weight is 353 g/mol. The molecule has 0 aromatic heterocycles. The zero-order valence-electron chi connectivity index (χ0n) is 15.1. The molecule has 0 aromatic carbocycles. The molecule has 142 valence electrons. The summed E-state index contributed by atoms with van der Waals surface area (Å²) in [6.07, 6.45) is 11.1. The summed E-state index contributed by atoms with van der Waals surface area (Å²) in [6.45, 7) is 5.28. The quantitative estimate of drug-likeness (QED) is 0.444. The van der Waals surface area contributed by atoms with Crippen molar-refractivity contribution >= 4 is 11.9 Å². The van der Waals surface area contributed by atoms with Crippen LogP contribution in [0, 0.1) is 0 Å². The van der Waals surface area contributed by atoms with Crippen LogP contribution in [-0.2, 0) is 23.8 Å². The Morgan fingerprint density at radius 2 is 1.52 bits per heavy atom.